The Morgan fingerprint density at radius 3 is 2.58 bits per heavy atom. The molecule has 0 heterocycles. The van der Waals surface area contributed by atoms with Gasteiger partial charge in [0.15, 0.2) is 0 Å². The molecule has 1 saturated carbocycles. The zero-order chi connectivity index (χ0) is 14.7. The second kappa shape index (κ2) is 6.07. The van der Waals surface area contributed by atoms with Crippen molar-refractivity contribution >= 4 is 6.09 Å². The number of rotatable bonds is 5. The molecule has 0 unspecified atom stereocenters. The van der Waals surface area contributed by atoms with E-state index in [0.717, 1.165) is 12.8 Å². The number of hydrogen-bond donors (Lipinski definition) is 4. The summed E-state index contributed by atoms with van der Waals surface area (Å²) >= 11 is 0. The van der Waals surface area contributed by atoms with E-state index in [2.05, 4.69) is 5.32 Å². The summed E-state index contributed by atoms with van der Waals surface area (Å²) in [6.45, 7) is 5.21. The molecule has 1 aliphatic carbocycles. The normalized spacial score (nSPS) is 38.2. The van der Waals surface area contributed by atoms with Crippen molar-refractivity contribution in [3.8, 4) is 0 Å². The van der Waals surface area contributed by atoms with Crippen LogP contribution in [0.2, 0.25) is 0 Å². The third kappa shape index (κ3) is 3.19. The van der Waals surface area contributed by atoms with Crippen LogP contribution >= 0.6 is 0 Å². The fourth-order valence-electron chi connectivity index (χ4n) is 2.41. The van der Waals surface area contributed by atoms with Crippen molar-refractivity contribution in [2.24, 2.45) is 5.41 Å². The Balaban J connectivity index is 2.59. The maximum atomic E-state index is 11.5. The minimum absolute atomic E-state index is 0.264. The summed E-state index contributed by atoms with van der Waals surface area (Å²) in [6, 6.07) is -0.624. The molecule has 6 nitrogen and oxygen atoms in total. The van der Waals surface area contributed by atoms with E-state index in [4.69, 9.17) is 4.74 Å². The van der Waals surface area contributed by atoms with Gasteiger partial charge in [-0.2, -0.15) is 0 Å². The highest BCUT2D eigenvalue weighted by Crippen LogP contribution is 2.45. The molecule has 4 atom stereocenters. The van der Waals surface area contributed by atoms with E-state index in [9.17, 15) is 20.1 Å². The molecule has 0 aliphatic heterocycles. The number of nitrogens with one attached hydrogen (secondary N) is 1. The molecule has 0 radical (unpaired) electrons. The first kappa shape index (κ1) is 16.2. The van der Waals surface area contributed by atoms with Gasteiger partial charge in [-0.25, -0.2) is 4.79 Å². The smallest absolute Gasteiger partial charge is 0.407 e. The first-order valence-electron chi connectivity index (χ1n) is 6.73. The fourth-order valence-corrected chi connectivity index (χ4v) is 2.41. The second-order valence-corrected chi connectivity index (χ2v) is 5.76. The Kier molecular flexibility index (Phi) is 5.18. The van der Waals surface area contributed by atoms with Crippen LogP contribution in [-0.2, 0) is 4.74 Å². The Morgan fingerprint density at radius 1 is 1.47 bits per heavy atom. The number of ether oxygens (including phenoxy) is 1. The van der Waals surface area contributed by atoms with Gasteiger partial charge < -0.3 is 25.4 Å². The maximum Gasteiger partial charge on any atom is 0.407 e. The van der Waals surface area contributed by atoms with E-state index in [-0.39, 0.29) is 6.61 Å². The van der Waals surface area contributed by atoms with Crippen molar-refractivity contribution in [2.45, 2.75) is 57.8 Å². The summed E-state index contributed by atoms with van der Waals surface area (Å²) in [7, 11) is 0. The van der Waals surface area contributed by atoms with Crippen LogP contribution in [0.1, 0.15) is 40.0 Å². The van der Waals surface area contributed by atoms with Crippen molar-refractivity contribution in [1.29, 1.82) is 0 Å². The molecule has 19 heavy (non-hydrogen) atoms. The van der Waals surface area contributed by atoms with E-state index in [1.54, 1.807) is 6.92 Å². The zero-order valence-electron chi connectivity index (χ0n) is 11.8. The molecule has 1 fully saturated rings. The van der Waals surface area contributed by atoms with Crippen LogP contribution < -0.4 is 5.32 Å². The Hall–Kier alpha value is -0.850. The molecule has 0 saturated heterocycles. The van der Waals surface area contributed by atoms with Crippen LogP contribution in [0.4, 0.5) is 4.79 Å². The topological polar surface area (TPSA) is 99.0 Å². The minimum atomic E-state index is -1.46. The number of amides is 1. The lowest BCUT2D eigenvalue weighted by molar-refractivity contribution is -0.120. The van der Waals surface area contributed by atoms with Gasteiger partial charge in [-0.05, 0) is 19.8 Å². The highest BCUT2D eigenvalue weighted by molar-refractivity contribution is 5.67. The number of hydrogen-bond acceptors (Lipinski definition) is 5. The van der Waals surface area contributed by atoms with Crippen LogP contribution in [0.25, 0.3) is 0 Å². The van der Waals surface area contributed by atoms with Crippen molar-refractivity contribution in [2.75, 3.05) is 13.2 Å². The first-order valence-corrected chi connectivity index (χ1v) is 6.73. The molecule has 1 amide bonds. The standard InChI is InChI=1S/C13H25NO5/c1-4-5-6-19-11(17)14-9-7-12(2,8-15)13(3,18)10(9)16/h9-10,15-16,18H,4-8H2,1-3H3,(H,14,17)/t9-,10+,12-,13+/m1/s1. The maximum absolute atomic E-state index is 11.5. The van der Waals surface area contributed by atoms with E-state index < -0.39 is 29.3 Å². The lowest BCUT2D eigenvalue weighted by Crippen LogP contribution is -2.51. The predicted molar refractivity (Wildman–Crippen MR) is 69.6 cm³/mol. The molecular weight excluding hydrogens is 250 g/mol. The Labute approximate surface area is 113 Å². The summed E-state index contributed by atoms with van der Waals surface area (Å²) in [5, 5.41) is 32.3. The van der Waals surface area contributed by atoms with Gasteiger partial charge in [0.05, 0.1) is 24.9 Å². The summed E-state index contributed by atoms with van der Waals surface area (Å²) in [4.78, 5) is 11.5. The van der Waals surface area contributed by atoms with Crippen LogP contribution in [0, 0.1) is 5.41 Å². The largest absolute Gasteiger partial charge is 0.450 e. The van der Waals surface area contributed by atoms with Gasteiger partial charge >= 0.3 is 6.09 Å². The van der Waals surface area contributed by atoms with Crippen molar-refractivity contribution in [3.63, 3.8) is 0 Å². The van der Waals surface area contributed by atoms with Crippen LogP contribution in [0.3, 0.4) is 0 Å². The average molecular weight is 275 g/mol. The number of carbonyl (C=O) groups excluding carboxylic acids is 1. The quantitative estimate of drug-likeness (QED) is 0.544. The van der Waals surface area contributed by atoms with Crippen LogP contribution in [0.15, 0.2) is 0 Å². The van der Waals surface area contributed by atoms with Gasteiger partial charge in [-0.3, -0.25) is 0 Å². The molecule has 0 bridgehead atoms. The number of aliphatic hydroxyl groups excluding tert-OH is 2. The Bertz CT molecular complexity index is 317. The van der Waals surface area contributed by atoms with Gasteiger partial charge in [0, 0.05) is 5.41 Å². The molecule has 0 aromatic carbocycles. The SMILES string of the molecule is CCCCOC(=O)N[C@@H]1C[C@](C)(CO)[C@@](C)(O)[C@H]1O. The van der Waals surface area contributed by atoms with Crippen LogP contribution in [-0.4, -0.2) is 52.4 Å². The van der Waals surface area contributed by atoms with Crippen molar-refractivity contribution < 1.29 is 24.9 Å². The molecule has 1 rings (SSSR count). The zero-order valence-corrected chi connectivity index (χ0v) is 11.8. The summed E-state index contributed by atoms with van der Waals surface area (Å²) in [5.74, 6) is 0. The fraction of sp³-hybridized carbons (Fsp3) is 0.923. The van der Waals surface area contributed by atoms with Gasteiger partial charge in [0.1, 0.15) is 6.10 Å². The average Bonchev–Trinajstić information content (AvgIpc) is 2.52. The summed E-state index contributed by atoms with van der Waals surface area (Å²) in [6.07, 6.45) is 0.267. The third-order valence-corrected chi connectivity index (χ3v) is 4.23. The molecule has 1 aliphatic rings. The minimum Gasteiger partial charge on any atom is -0.450 e. The lowest BCUT2D eigenvalue weighted by atomic mass is 9.77. The molecule has 0 spiro atoms. The molecular formula is C13H25NO5. The highest BCUT2D eigenvalue weighted by atomic mass is 16.5. The number of alkyl carbamates (subject to hydrolysis) is 1. The van der Waals surface area contributed by atoms with Gasteiger partial charge in [0.2, 0.25) is 0 Å². The lowest BCUT2D eigenvalue weighted by Gasteiger charge is -2.36. The molecule has 0 aromatic rings. The summed E-state index contributed by atoms with van der Waals surface area (Å²) < 4.78 is 4.96. The second-order valence-electron chi connectivity index (χ2n) is 5.76. The number of carbonyl (C=O) groups is 1. The van der Waals surface area contributed by atoms with Crippen molar-refractivity contribution in [1.82, 2.24) is 5.32 Å². The molecule has 0 aromatic heterocycles. The van der Waals surface area contributed by atoms with E-state index in [1.165, 1.54) is 6.92 Å². The van der Waals surface area contributed by atoms with Gasteiger partial charge in [-0.15, -0.1) is 0 Å². The van der Waals surface area contributed by atoms with Gasteiger partial charge in [0.25, 0.3) is 0 Å². The number of aliphatic hydroxyl groups is 3. The van der Waals surface area contributed by atoms with Crippen molar-refractivity contribution in [3.05, 3.63) is 0 Å². The molecule has 4 N–H and O–H groups in total. The van der Waals surface area contributed by atoms with Crippen LogP contribution in [0.5, 0.6) is 0 Å². The monoisotopic (exact) mass is 275 g/mol. The molecule has 6 heteroatoms. The van der Waals surface area contributed by atoms with E-state index in [1.807, 2.05) is 6.92 Å². The Morgan fingerprint density at radius 2 is 2.11 bits per heavy atom. The third-order valence-electron chi connectivity index (χ3n) is 4.23. The summed E-state index contributed by atoms with van der Waals surface area (Å²) in [5.41, 5.74) is -2.31. The predicted octanol–water partition coefficient (Wildman–Crippen LogP) is 0.396. The van der Waals surface area contributed by atoms with Gasteiger partial charge in [-0.1, -0.05) is 20.3 Å². The molecule has 112 valence electrons. The highest BCUT2D eigenvalue weighted by Gasteiger charge is 2.58. The first-order chi connectivity index (χ1) is 8.78. The van der Waals surface area contributed by atoms with E-state index >= 15 is 0 Å². The van der Waals surface area contributed by atoms with E-state index in [0.29, 0.717) is 13.0 Å². The number of unbranched alkanes of at least 4 members (excludes halogenated alkanes) is 1.